The molecule has 1 aromatic carbocycles. The number of benzene rings is 1. The molecule has 0 saturated carbocycles. The first-order valence-corrected chi connectivity index (χ1v) is 5.60. The Bertz CT molecular complexity index is 336. The fourth-order valence-corrected chi connectivity index (χ4v) is 1.59. The number of rotatable bonds is 4. The molecule has 0 unspecified atom stereocenters. The van der Waals surface area contributed by atoms with Crippen LogP contribution in [0, 0.1) is 0 Å². The highest BCUT2D eigenvalue weighted by atomic mass is 79.9. The van der Waals surface area contributed by atoms with Gasteiger partial charge in [0.15, 0.2) is 0 Å². The second-order valence-electron chi connectivity index (χ2n) is 3.26. The molecule has 0 aliphatic carbocycles. The SMILES string of the molecule is C=C(C)CCNc1cc(Br)ccc1Cl. The molecule has 1 nitrogen and oxygen atoms in total. The van der Waals surface area contributed by atoms with E-state index in [2.05, 4.69) is 27.8 Å². The van der Waals surface area contributed by atoms with Crippen molar-refractivity contribution in [2.75, 3.05) is 11.9 Å². The number of nitrogens with one attached hydrogen (secondary N) is 1. The Morgan fingerprint density at radius 2 is 2.29 bits per heavy atom. The summed E-state index contributed by atoms with van der Waals surface area (Å²) in [6, 6.07) is 5.77. The largest absolute Gasteiger partial charge is 0.383 e. The average Bonchev–Trinajstić information content (AvgIpc) is 2.10. The zero-order chi connectivity index (χ0) is 10.6. The fraction of sp³-hybridized carbons (Fsp3) is 0.273. The summed E-state index contributed by atoms with van der Waals surface area (Å²) in [4.78, 5) is 0. The van der Waals surface area contributed by atoms with Gasteiger partial charge in [-0.05, 0) is 31.5 Å². The van der Waals surface area contributed by atoms with Gasteiger partial charge in [0.2, 0.25) is 0 Å². The molecule has 1 N–H and O–H groups in total. The normalized spacial score (nSPS) is 9.93. The van der Waals surface area contributed by atoms with Crippen LogP contribution < -0.4 is 5.32 Å². The molecular weight excluding hydrogens is 261 g/mol. The monoisotopic (exact) mass is 273 g/mol. The maximum atomic E-state index is 6.01. The van der Waals surface area contributed by atoms with E-state index in [9.17, 15) is 0 Å². The lowest BCUT2D eigenvalue weighted by atomic mass is 10.2. The molecule has 0 fully saturated rings. The smallest absolute Gasteiger partial charge is 0.0638 e. The minimum absolute atomic E-state index is 0.745. The zero-order valence-corrected chi connectivity index (χ0v) is 10.5. The second kappa shape index (κ2) is 5.42. The zero-order valence-electron chi connectivity index (χ0n) is 8.11. The van der Waals surface area contributed by atoms with Crippen LogP contribution in [-0.4, -0.2) is 6.54 Å². The van der Waals surface area contributed by atoms with E-state index in [1.165, 1.54) is 5.57 Å². The van der Waals surface area contributed by atoms with E-state index in [0.717, 1.165) is 28.1 Å². The van der Waals surface area contributed by atoms with Crippen LogP contribution in [0.25, 0.3) is 0 Å². The van der Waals surface area contributed by atoms with Gasteiger partial charge in [-0.1, -0.05) is 33.1 Å². The van der Waals surface area contributed by atoms with Crippen LogP contribution in [0.3, 0.4) is 0 Å². The Morgan fingerprint density at radius 1 is 1.57 bits per heavy atom. The lowest BCUT2D eigenvalue weighted by Gasteiger charge is -2.08. The molecule has 14 heavy (non-hydrogen) atoms. The highest BCUT2D eigenvalue weighted by Crippen LogP contribution is 2.25. The maximum absolute atomic E-state index is 6.01. The minimum Gasteiger partial charge on any atom is -0.383 e. The Labute approximate surface area is 98.3 Å². The molecule has 3 heteroatoms. The molecule has 1 rings (SSSR count). The average molecular weight is 275 g/mol. The summed E-state index contributed by atoms with van der Waals surface area (Å²) in [7, 11) is 0. The topological polar surface area (TPSA) is 12.0 Å². The molecular formula is C11H13BrClN. The summed E-state index contributed by atoms with van der Waals surface area (Å²) in [5.74, 6) is 0. The van der Waals surface area contributed by atoms with Crippen molar-refractivity contribution < 1.29 is 0 Å². The maximum Gasteiger partial charge on any atom is 0.0638 e. The third-order valence-corrected chi connectivity index (χ3v) is 2.62. The quantitative estimate of drug-likeness (QED) is 0.798. The van der Waals surface area contributed by atoms with Crippen LogP contribution >= 0.6 is 27.5 Å². The van der Waals surface area contributed by atoms with E-state index in [1.807, 2.05) is 25.1 Å². The van der Waals surface area contributed by atoms with E-state index in [1.54, 1.807) is 0 Å². The van der Waals surface area contributed by atoms with Gasteiger partial charge in [0.25, 0.3) is 0 Å². The summed E-state index contributed by atoms with van der Waals surface area (Å²) in [5.41, 5.74) is 2.13. The van der Waals surface area contributed by atoms with E-state index in [4.69, 9.17) is 11.6 Å². The predicted molar refractivity (Wildman–Crippen MR) is 67.1 cm³/mol. The first-order valence-electron chi connectivity index (χ1n) is 4.43. The number of anilines is 1. The van der Waals surface area contributed by atoms with E-state index < -0.39 is 0 Å². The molecule has 0 radical (unpaired) electrons. The molecule has 0 atom stereocenters. The Balaban J connectivity index is 2.57. The highest BCUT2D eigenvalue weighted by molar-refractivity contribution is 9.10. The summed E-state index contributed by atoms with van der Waals surface area (Å²) in [6.07, 6.45) is 0.961. The van der Waals surface area contributed by atoms with E-state index in [0.29, 0.717) is 0 Å². The van der Waals surface area contributed by atoms with Crippen molar-refractivity contribution in [1.82, 2.24) is 0 Å². The molecule has 0 amide bonds. The summed E-state index contributed by atoms with van der Waals surface area (Å²) < 4.78 is 1.03. The third kappa shape index (κ3) is 3.72. The molecule has 0 aliphatic rings. The van der Waals surface area contributed by atoms with Crippen molar-refractivity contribution in [3.63, 3.8) is 0 Å². The van der Waals surface area contributed by atoms with Gasteiger partial charge < -0.3 is 5.32 Å². The van der Waals surface area contributed by atoms with Crippen LogP contribution in [0.5, 0.6) is 0 Å². The van der Waals surface area contributed by atoms with Crippen LogP contribution in [0.1, 0.15) is 13.3 Å². The van der Waals surface area contributed by atoms with Crippen molar-refractivity contribution in [1.29, 1.82) is 0 Å². The first kappa shape index (κ1) is 11.6. The van der Waals surface area contributed by atoms with Gasteiger partial charge in [0, 0.05) is 11.0 Å². The lowest BCUT2D eigenvalue weighted by molar-refractivity contribution is 1.00. The molecule has 1 aromatic rings. The first-order chi connectivity index (χ1) is 6.59. The lowest BCUT2D eigenvalue weighted by Crippen LogP contribution is -2.01. The molecule has 0 heterocycles. The van der Waals surface area contributed by atoms with Crippen LogP contribution in [0.2, 0.25) is 5.02 Å². The highest BCUT2D eigenvalue weighted by Gasteiger charge is 1.99. The molecule has 0 aromatic heterocycles. The second-order valence-corrected chi connectivity index (χ2v) is 4.58. The van der Waals surface area contributed by atoms with E-state index in [-0.39, 0.29) is 0 Å². The van der Waals surface area contributed by atoms with Gasteiger partial charge in [-0.15, -0.1) is 6.58 Å². The number of hydrogen-bond acceptors (Lipinski definition) is 1. The molecule has 0 saturated heterocycles. The third-order valence-electron chi connectivity index (χ3n) is 1.80. The van der Waals surface area contributed by atoms with E-state index >= 15 is 0 Å². The number of halogens is 2. The van der Waals surface area contributed by atoms with Crippen molar-refractivity contribution in [3.05, 3.63) is 39.8 Å². The summed E-state index contributed by atoms with van der Waals surface area (Å²) in [6.45, 7) is 6.73. The van der Waals surface area contributed by atoms with Crippen LogP contribution in [-0.2, 0) is 0 Å². The Morgan fingerprint density at radius 3 is 2.93 bits per heavy atom. The molecule has 0 bridgehead atoms. The fourth-order valence-electron chi connectivity index (χ4n) is 1.04. The van der Waals surface area contributed by atoms with Gasteiger partial charge in [-0.2, -0.15) is 0 Å². The predicted octanol–water partition coefficient (Wildman–Crippen LogP) is 4.48. The molecule has 76 valence electrons. The van der Waals surface area contributed by atoms with Crippen LogP contribution in [0.4, 0.5) is 5.69 Å². The minimum atomic E-state index is 0.745. The Hall–Kier alpha value is -0.470. The summed E-state index contributed by atoms with van der Waals surface area (Å²) >= 11 is 9.41. The summed E-state index contributed by atoms with van der Waals surface area (Å²) in [5, 5.41) is 4.01. The standard InChI is InChI=1S/C11H13BrClN/c1-8(2)5-6-14-11-7-9(12)3-4-10(11)13/h3-4,7,14H,1,5-6H2,2H3. The van der Waals surface area contributed by atoms with Crippen molar-refractivity contribution >= 4 is 33.2 Å². The van der Waals surface area contributed by atoms with Gasteiger partial charge in [0.1, 0.15) is 0 Å². The molecule has 0 aliphatic heterocycles. The van der Waals surface area contributed by atoms with Gasteiger partial charge in [-0.3, -0.25) is 0 Å². The van der Waals surface area contributed by atoms with Gasteiger partial charge in [-0.25, -0.2) is 0 Å². The van der Waals surface area contributed by atoms with Gasteiger partial charge >= 0.3 is 0 Å². The molecule has 0 spiro atoms. The van der Waals surface area contributed by atoms with Crippen molar-refractivity contribution in [3.8, 4) is 0 Å². The van der Waals surface area contributed by atoms with Crippen LogP contribution in [0.15, 0.2) is 34.8 Å². The number of hydrogen-bond donors (Lipinski definition) is 1. The van der Waals surface area contributed by atoms with Crippen molar-refractivity contribution in [2.24, 2.45) is 0 Å². The Kier molecular flexibility index (Phi) is 4.49. The van der Waals surface area contributed by atoms with Crippen molar-refractivity contribution in [2.45, 2.75) is 13.3 Å². The van der Waals surface area contributed by atoms with Gasteiger partial charge in [0.05, 0.1) is 10.7 Å².